The highest BCUT2D eigenvalue weighted by atomic mass is 35.5. The second-order valence-corrected chi connectivity index (χ2v) is 4.07. The molecule has 0 saturated carbocycles. The van der Waals surface area contributed by atoms with Gasteiger partial charge in [-0.2, -0.15) is 0 Å². The molecule has 0 fully saturated rings. The predicted octanol–water partition coefficient (Wildman–Crippen LogP) is 1.99. The Bertz CT molecular complexity index is 583. The van der Waals surface area contributed by atoms with E-state index in [0.717, 1.165) is 5.69 Å². The number of halogens is 1. The van der Waals surface area contributed by atoms with Crippen LogP contribution in [0, 0.1) is 10.1 Å². The lowest BCUT2D eigenvalue weighted by molar-refractivity contribution is -0.384. The summed E-state index contributed by atoms with van der Waals surface area (Å²) in [5.41, 5.74) is 1.23. The van der Waals surface area contributed by atoms with Crippen LogP contribution in [0.1, 0.15) is 5.69 Å². The Morgan fingerprint density at radius 3 is 2.94 bits per heavy atom. The van der Waals surface area contributed by atoms with Crippen molar-refractivity contribution in [1.29, 1.82) is 0 Å². The highest BCUT2D eigenvalue weighted by Gasteiger charge is 2.12. The van der Waals surface area contributed by atoms with Crippen LogP contribution in [0.25, 0.3) is 0 Å². The summed E-state index contributed by atoms with van der Waals surface area (Å²) in [6.07, 6.45) is 1.76. The van der Waals surface area contributed by atoms with Gasteiger partial charge in [0.05, 0.1) is 11.5 Å². The first-order chi connectivity index (χ1) is 8.56. The van der Waals surface area contributed by atoms with Gasteiger partial charge in [0.15, 0.2) is 0 Å². The molecular formula is C10H10ClN5O2. The van der Waals surface area contributed by atoms with Crippen molar-refractivity contribution >= 4 is 23.0 Å². The average Bonchev–Trinajstić information content (AvgIpc) is 2.74. The summed E-state index contributed by atoms with van der Waals surface area (Å²) >= 11 is 5.72. The van der Waals surface area contributed by atoms with Crippen LogP contribution in [0.5, 0.6) is 0 Å². The monoisotopic (exact) mass is 267 g/mol. The van der Waals surface area contributed by atoms with Crippen LogP contribution < -0.4 is 5.32 Å². The van der Waals surface area contributed by atoms with Gasteiger partial charge in [0.1, 0.15) is 10.7 Å². The SMILES string of the molecule is Cn1cc(CNc2ccc(Cl)c([N+](=O)[O-])c2)nn1. The lowest BCUT2D eigenvalue weighted by Gasteiger charge is -2.04. The maximum Gasteiger partial charge on any atom is 0.289 e. The summed E-state index contributed by atoms with van der Waals surface area (Å²) in [7, 11) is 1.77. The summed E-state index contributed by atoms with van der Waals surface area (Å²) < 4.78 is 1.58. The second-order valence-electron chi connectivity index (χ2n) is 3.66. The van der Waals surface area contributed by atoms with Crippen LogP contribution in [0.2, 0.25) is 5.02 Å². The number of rotatable bonds is 4. The molecule has 0 bridgehead atoms. The summed E-state index contributed by atoms with van der Waals surface area (Å²) in [4.78, 5) is 10.2. The first-order valence-corrected chi connectivity index (χ1v) is 5.47. The summed E-state index contributed by atoms with van der Waals surface area (Å²) in [6.45, 7) is 0.437. The molecule has 0 aliphatic carbocycles. The number of nitro groups is 1. The molecule has 18 heavy (non-hydrogen) atoms. The number of aryl methyl sites for hydroxylation is 1. The highest BCUT2D eigenvalue weighted by molar-refractivity contribution is 6.32. The van der Waals surface area contributed by atoms with Gasteiger partial charge in [0.2, 0.25) is 0 Å². The van der Waals surface area contributed by atoms with E-state index in [9.17, 15) is 10.1 Å². The normalized spacial score (nSPS) is 10.3. The molecule has 2 aromatic rings. The van der Waals surface area contributed by atoms with Crippen LogP contribution in [0.3, 0.4) is 0 Å². The van der Waals surface area contributed by atoms with E-state index < -0.39 is 4.92 Å². The number of aromatic nitrogens is 3. The van der Waals surface area contributed by atoms with E-state index in [2.05, 4.69) is 15.6 Å². The number of anilines is 1. The molecule has 1 aromatic heterocycles. The number of nitrogens with zero attached hydrogens (tertiary/aromatic N) is 4. The lowest BCUT2D eigenvalue weighted by atomic mass is 10.2. The minimum Gasteiger partial charge on any atom is -0.379 e. The third-order valence-electron chi connectivity index (χ3n) is 2.27. The fourth-order valence-corrected chi connectivity index (χ4v) is 1.62. The molecule has 1 N–H and O–H groups in total. The van der Waals surface area contributed by atoms with Crippen LogP contribution >= 0.6 is 11.6 Å². The Morgan fingerprint density at radius 2 is 2.33 bits per heavy atom. The quantitative estimate of drug-likeness (QED) is 0.676. The van der Waals surface area contributed by atoms with Crippen molar-refractivity contribution < 1.29 is 4.92 Å². The van der Waals surface area contributed by atoms with Crippen molar-refractivity contribution in [3.63, 3.8) is 0 Å². The zero-order chi connectivity index (χ0) is 13.1. The molecule has 94 valence electrons. The molecular weight excluding hydrogens is 258 g/mol. The van der Waals surface area contributed by atoms with Crippen LogP contribution in [-0.2, 0) is 13.6 Å². The van der Waals surface area contributed by atoms with Crippen LogP contribution in [0.15, 0.2) is 24.4 Å². The Hall–Kier alpha value is -2.15. The first-order valence-electron chi connectivity index (χ1n) is 5.09. The van der Waals surface area contributed by atoms with E-state index >= 15 is 0 Å². The van der Waals surface area contributed by atoms with Gasteiger partial charge in [-0.05, 0) is 12.1 Å². The van der Waals surface area contributed by atoms with Crippen molar-refractivity contribution in [2.45, 2.75) is 6.54 Å². The number of hydrogen-bond acceptors (Lipinski definition) is 5. The van der Waals surface area contributed by atoms with Gasteiger partial charge in [-0.3, -0.25) is 14.8 Å². The Balaban J connectivity index is 2.10. The molecule has 8 heteroatoms. The Labute approximate surface area is 108 Å². The topological polar surface area (TPSA) is 85.9 Å². The number of nitrogens with one attached hydrogen (secondary N) is 1. The molecule has 7 nitrogen and oxygen atoms in total. The van der Waals surface area contributed by atoms with E-state index in [4.69, 9.17) is 11.6 Å². The van der Waals surface area contributed by atoms with Crippen LogP contribution in [0.4, 0.5) is 11.4 Å². The Kier molecular flexibility index (Phi) is 3.42. The maximum absolute atomic E-state index is 10.7. The van der Waals surface area contributed by atoms with E-state index in [1.807, 2.05) is 0 Å². The van der Waals surface area contributed by atoms with Crippen molar-refractivity contribution in [2.24, 2.45) is 7.05 Å². The van der Waals surface area contributed by atoms with E-state index in [0.29, 0.717) is 12.2 Å². The maximum atomic E-state index is 10.7. The van der Waals surface area contributed by atoms with Gasteiger partial charge >= 0.3 is 0 Å². The van der Waals surface area contributed by atoms with Crippen molar-refractivity contribution in [3.8, 4) is 0 Å². The molecule has 0 amide bonds. The third kappa shape index (κ3) is 2.75. The predicted molar refractivity (Wildman–Crippen MR) is 66.4 cm³/mol. The average molecular weight is 268 g/mol. The summed E-state index contributed by atoms with van der Waals surface area (Å²) in [6, 6.07) is 4.54. The van der Waals surface area contributed by atoms with Gasteiger partial charge in [-0.25, -0.2) is 0 Å². The van der Waals surface area contributed by atoms with Gasteiger partial charge < -0.3 is 5.32 Å². The van der Waals surface area contributed by atoms with Crippen molar-refractivity contribution in [2.75, 3.05) is 5.32 Å². The van der Waals surface area contributed by atoms with Gasteiger partial charge in [0, 0.05) is 25.0 Å². The first kappa shape index (κ1) is 12.3. The van der Waals surface area contributed by atoms with Gasteiger partial charge in [-0.15, -0.1) is 5.10 Å². The molecule has 0 radical (unpaired) electrons. The standard InChI is InChI=1S/C10H10ClN5O2/c1-15-6-8(13-14-15)5-12-7-2-3-9(11)10(4-7)16(17)18/h2-4,6,12H,5H2,1H3. The number of hydrogen-bond donors (Lipinski definition) is 1. The van der Waals surface area contributed by atoms with Crippen molar-refractivity contribution in [1.82, 2.24) is 15.0 Å². The molecule has 2 rings (SSSR count). The molecule has 0 spiro atoms. The molecule has 0 unspecified atom stereocenters. The highest BCUT2D eigenvalue weighted by Crippen LogP contribution is 2.27. The van der Waals surface area contributed by atoms with Crippen LogP contribution in [-0.4, -0.2) is 19.9 Å². The minimum atomic E-state index is -0.518. The molecule has 0 saturated heterocycles. The minimum absolute atomic E-state index is 0.116. The zero-order valence-corrected chi connectivity index (χ0v) is 10.3. The number of benzene rings is 1. The smallest absolute Gasteiger partial charge is 0.289 e. The fourth-order valence-electron chi connectivity index (χ4n) is 1.43. The van der Waals surface area contributed by atoms with E-state index in [1.54, 1.807) is 24.0 Å². The Morgan fingerprint density at radius 1 is 1.56 bits per heavy atom. The molecule has 0 aliphatic rings. The second kappa shape index (κ2) is 5.01. The summed E-state index contributed by atoms with van der Waals surface area (Å²) in [5.74, 6) is 0. The third-order valence-corrected chi connectivity index (χ3v) is 2.59. The van der Waals surface area contributed by atoms with Crippen molar-refractivity contribution in [3.05, 3.63) is 45.2 Å². The summed E-state index contributed by atoms with van der Waals surface area (Å²) in [5, 5.41) is 21.5. The molecule has 0 atom stereocenters. The van der Waals surface area contributed by atoms with Gasteiger partial charge in [-0.1, -0.05) is 16.8 Å². The largest absolute Gasteiger partial charge is 0.379 e. The fraction of sp³-hybridized carbons (Fsp3) is 0.200. The molecule has 0 aliphatic heterocycles. The van der Waals surface area contributed by atoms with E-state index in [-0.39, 0.29) is 10.7 Å². The number of nitro benzene ring substituents is 1. The van der Waals surface area contributed by atoms with Gasteiger partial charge in [0.25, 0.3) is 5.69 Å². The lowest BCUT2D eigenvalue weighted by Crippen LogP contribution is -2.00. The zero-order valence-electron chi connectivity index (χ0n) is 9.50. The molecule has 1 heterocycles. The van der Waals surface area contributed by atoms with E-state index in [1.165, 1.54) is 12.1 Å². The molecule has 1 aromatic carbocycles.